The minimum absolute atomic E-state index is 0.131. The summed E-state index contributed by atoms with van der Waals surface area (Å²) in [6, 6.07) is 11.5. The molecule has 0 aliphatic rings. The summed E-state index contributed by atoms with van der Waals surface area (Å²) in [5.74, 6) is 0.516. The number of rotatable bonds is 6. The molecule has 0 amide bonds. The van der Waals surface area contributed by atoms with Crippen LogP contribution in [0.4, 0.5) is 30.6 Å². The molecular formula is C19H18F3N5O. The molecule has 1 atom stereocenters. The highest BCUT2D eigenvalue weighted by Gasteiger charge is 2.30. The van der Waals surface area contributed by atoms with Crippen molar-refractivity contribution >= 4 is 17.5 Å². The zero-order chi connectivity index (χ0) is 20.1. The number of aliphatic hydroxyl groups excluding tert-OH is 1. The van der Waals surface area contributed by atoms with Crippen LogP contribution in [0, 0.1) is 0 Å². The van der Waals surface area contributed by atoms with Crippen LogP contribution in [0.2, 0.25) is 0 Å². The third kappa shape index (κ3) is 4.95. The Hall–Kier alpha value is -3.20. The molecule has 3 rings (SSSR count). The summed E-state index contributed by atoms with van der Waals surface area (Å²) < 4.78 is 38.8. The molecule has 0 fully saturated rings. The summed E-state index contributed by atoms with van der Waals surface area (Å²) in [4.78, 5) is 12.9. The van der Waals surface area contributed by atoms with Crippen molar-refractivity contribution in [1.29, 1.82) is 0 Å². The second-order valence-electron chi connectivity index (χ2n) is 6.11. The minimum Gasteiger partial charge on any atom is -0.394 e. The number of nitrogens with one attached hydrogen (secondary N) is 2. The number of benzene rings is 1. The van der Waals surface area contributed by atoms with Gasteiger partial charge in [0.05, 0.1) is 23.6 Å². The van der Waals surface area contributed by atoms with E-state index in [-0.39, 0.29) is 24.3 Å². The van der Waals surface area contributed by atoms with Crippen LogP contribution in [0.25, 0.3) is 11.4 Å². The van der Waals surface area contributed by atoms with E-state index in [0.717, 1.165) is 12.1 Å². The zero-order valence-electron chi connectivity index (χ0n) is 14.9. The summed E-state index contributed by atoms with van der Waals surface area (Å²) in [5.41, 5.74) is 0.541. The monoisotopic (exact) mass is 389 g/mol. The van der Waals surface area contributed by atoms with Crippen LogP contribution in [0.15, 0.2) is 54.7 Å². The Morgan fingerprint density at radius 1 is 1.04 bits per heavy atom. The molecule has 3 N–H and O–H groups in total. The van der Waals surface area contributed by atoms with Crippen molar-refractivity contribution in [3.05, 3.63) is 60.3 Å². The highest BCUT2D eigenvalue weighted by molar-refractivity contribution is 5.65. The predicted molar refractivity (Wildman–Crippen MR) is 100 cm³/mol. The van der Waals surface area contributed by atoms with E-state index in [1.54, 1.807) is 37.4 Å². The van der Waals surface area contributed by atoms with Crippen LogP contribution in [0.5, 0.6) is 0 Å². The van der Waals surface area contributed by atoms with Gasteiger partial charge >= 0.3 is 6.18 Å². The van der Waals surface area contributed by atoms with Gasteiger partial charge in [0, 0.05) is 24.0 Å². The molecule has 0 aliphatic heterocycles. The van der Waals surface area contributed by atoms with Crippen LogP contribution in [0.3, 0.4) is 0 Å². The van der Waals surface area contributed by atoms with Crippen molar-refractivity contribution in [2.24, 2.45) is 0 Å². The number of aliphatic hydroxyl groups is 1. The van der Waals surface area contributed by atoms with Crippen molar-refractivity contribution < 1.29 is 18.3 Å². The summed E-state index contributed by atoms with van der Waals surface area (Å²) >= 11 is 0. The van der Waals surface area contributed by atoms with E-state index in [4.69, 9.17) is 0 Å². The Morgan fingerprint density at radius 3 is 2.54 bits per heavy atom. The Labute approximate surface area is 159 Å². The van der Waals surface area contributed by atoms with Crippen LogP contribution >= 0.6 is 0 Å². The Balaban J connectivity index is 1.96. The van der Waals surface area contributed by atoms with Gasteiger partial charge in [-0.3, -0.25) is 4.98 Å². The van der Waals surface area contributed by atoms with Gasteiger partial charge < -0.3 is 15.7 Å². The minimum atomic E-state index is -4.44. The fraction of sp³-hybridized carbons (Fsp3) is 0.211. The number of halogens is 3. The number of anilines is 3. The number of nitrogens with zero attached hydrogens (tertiary/aromatic N) is 3. The summed E-state index contributed by atoms with van der Waals surface area (Å²) in [7, 11) is 0. The van der Waals surface area contributed by atoms with Crippen molar-refractivity contribution in [3.63, 3.8) is 0 Å². The van der Waals surface area contributed by atoms with Crippen LogP contribution < -0.4 is 10.6 Å². The normalized spacial score (nSPS) is 12.5. The van der Waals surface area contributed by atoms with E-state index < -0.39 is 11.7 Å². The van der Waals surface area contributed by atoms with Gasteiger partial charge in [0.25, 0.3) is 0 Å². The molecule has 0 saturated carbocycles. The van der Waals surface area contributed by atoms with E-state index in [9.17, 15) is 18.3 Å². The first kappa shape index (κ1) is 19.6. The van der Waals surface area contributed by atoms with Gasteiger partial charge in [-0.2, -0.15) is 18.2 Å². The average molecular weight is 389 g/mol. The van der Waals surface area contributed by atoms with Crippen molar-refractivity contribution in [3.8, 4) is 11.4 Å². The number of hydrogen-bond donors (Lipinski definition) is 3. The Bertz CT molecular complexity index is 934. The molecule has 6 nitrogen and oxygen atoms in total. The SMILES string of the molecule is C[C@@H](CO)Nc1nc(Nc2cccc(C(F)(F)F)c2)cc(-c2ccccn2)n1. The lowest BCUT2D eigenvalue weighted by Gasteiger charge is -2.14. The number of alkyl halides is 3. The van der Waals surface area contributed by atoms with E-state index in [1.165, 1.54) is 12.1 Å². The molecule has 1 aromatic carbocycles. The molecule has 0 unspecified atom stereocenters. The van der Waals surface area contributed by atoms with E-state index in [2.05, 4.69) is 25.6 Å². The first-order chi connectivity index (χ1) is 13.3. The molecule has 9 heteroatoms. The molecule has 2 aromatic heterocycles. The van der Waals surface area contributed by atoms with Gasteiger partial charge in [-0.25, -0.2) is 4.98 Å². The van der Waals surface area contributed by atoms with Crippen molar-refractivity contribution in [2.75, 3.05) is 17.2 Å². The smallest absolute Gasteiger partial charge is 0.394 e. The van der Waals surface area contributed by atoms with Gasteiger partial charge in [0.15, 0.2) is 0 Å². The largest absolute Gasteiger partial charge is 0.416 e. The standard InChI is InChI=1S/C19H18F3N5O/c1-12(11-28)24-18-26-16(15-7-2-3-8-23-15)10-17(27-18)25-14-6-4-5-13(9-14)19(20,21)22/h2-10,12,28H,11H2,1H3,(H2,24,25,26,27)/t12-/m0/s1. The third-order valence-electron chi connectivity index (χ3n) is 3.77. The maximum absolute atomic E-state index is 12.9. The molecule has 2 heterocycles. The molecule has 0 spiro atoms. The maximum atomic E-state index is 12.9. The second-order valence-corrected chi connectivity index (χ2v) is 6.11. The predicted octanol–water partition coefficient (Wildman–Crippen LogP) is 4.09. The van der Waals surface area contributed by atoms with Gasteiger partial charge in [-0.05, 0) is 37.3 Å². The quantitative estimate of drug-likeness (QED) is 0.589. The van der Waals surface area contributed by atoms with Gasteiger partial charge in [0.2, 0.25) is 5.95 Å². The molecule has 0 aliphatic carbocycles. The topological polar surface area (TPSA) is 83.0 Å². The fourth-order valence-corrected chi connectivity index (χ4v) is 2.41. The molecule has 146 valence electrons. The number of aromatic nitrogens is 3. The first-order valence-electron chi connectivity index (χ1n) is 8.47. The lowest BCUT2D eigenvalue weighted by Crippen LogP contribution is -2.21. The molecule has 3 aromatic rings. The van der Waals surface area contributed by atoms with Crippen LogP contribution in [0.1, 0.15) is 12.5 Å². The average Bonchev–Trinajstić information content (AvgIpc) is 2.68. The third-order valence-corrected chi connectivity index (χ3v) is 3.77. The maximum Gasteiger partial charge on any atom is 0.416 e. The van der Waals surface area contributed by atoms with E-state index in [0.29, 0.717) is 17.2 Å². The van der Waals surface area contributed by atoms with Gasteiger partial charge in [-0.15, -0.1) is 0 Å². The molecule has 0 radical (unpaired) electrons. The van der Waals surface area contributed by atoms with Gasteiger partial charge in [-0.1, -0.05) is 12.1 Å². The highest BCUT2D eigenvalue weighted by atomic mass is 19.4. The number of hydrogen-bond acceptors (Lipinski definition) is 6. The number of pyridine rings is 1. The summed E-state index contributed by atoms with van der Waals surface area (Å²) in [5, 5.41) is 15.1. The van der Waals surface area contributed by atoms with Crippen molar-refractivity contribution in [2.45, 2.75) is 19.1 Å². The molecule has 0 saturated heterocycles. The lowest BCUT2D eigenvalue weighted by atomic mass is 10.2. The highest BCUT2D eigenvalue weighted by Crippen LogP contribution is 2.31. The van der Waals surface area contributed by atoms with Crippen LogP contribution in [-0.4, -0.2) is 32.7 Å². The van der Waals surface area contributed by atoms with E-state index >= 15 is 0 Å². The summed E-state index contributed by atoms with van der Waals surface area (Å²) in [6.45, 7) is 1.62. The second kappa shape index (κ2) is 8.22. The molecule has 0 bridgehead atoms. The zero-order valence-corrected chi connectivity index (χ0v) is 14.9. The Morgan fingerprint density at radius 2 is 1.86 bits per heavy atom. The lowest BCUT2D eigenvalue weighted by molar-refractivity contribution is -0.137. The molecular weight excluding hydrogens is 371 g/mol. The molecule has 28 heavy (non-hydrogen) atoms. The fourth-order valence-electron chi connectivity index (χ4n) is 2.41. The van der Waals surface area contributed by atoms with Crippen molar-refractivity contribution in [1.82, 2.24) is 15.0 Å². The first-order valence-corrected chi connectivity index (χ1v) is 8.47. The van der Waals surface area contributed by atoms with Gasteiger partial charge in [0.1, 0.15) is 5.82 Å². The summed E-state index contributed by atoms with van der Waals surface area (Å²) in [6.07, 6.45) is -2.83. The van der Waals surface area contributed by atoms with Crippen LogP contribution in [-0.2, 0) is 6.18 Å². The Kier molecular flexibility index (Phi) is 5.74. The van der Waals surface area contributed by atoms with E-state index in [1.807, 2.05) is 0 Å².